The lowest BCUT2D eigenvalue weighted by molar-refractivity contribution is -0.143. The highest BCUT2D eigenvalue weighted by Crippen LogP contribution is 2.32. The van der Waals surface area contributed by atoms with E-state index in [0.717, 1.165) is 20.4 Å². The number of rotatable bonds is 5. The summed E-state index contributed by atoms with van der Waals surface area (Å²) in [6.45, 7) is 1.80. The maximum Gasteiger partial charge on any atom is 0.334 e. The van der Waals surface area contributed by atoms with Gasteiger partial charge in [0.05, 0.1) is 24.9 Å². The van der Waals surface area contributed by atoms with Gasteiger partial charge in [0.25, 0.3) is 0 Å². The molecule has 1 saturated heterocycles. The summed E-state index contributed by atoms with van der Waals surface area (Å²) in [6.07, 6.45) is 0. The molecule has 0 bridgehead atoms. The average Bonchev–Trinajstić information content (AvgIpc) is 3.14. The van der Waals surface area contributed by atoms with Gasteiger partial charge in [0.1, 0.15) is 10.8 Å². The van der Waals surface area contributed by atoms with E-state index in [9.17, 15) is 14.4 Å². The normalized spacial score (nSPS) is 14.7. The number of aromatic nitrogens is 1. The third-order valence-electron chi connectivity index (χ3n) is 3.66. The predicted molar refractivity (Wildman–Crippen MR) is 87.4 cm³/mol. The fourth-order valence-corrected chi connectivity index (χ4v) is 3.30. The summed E-state index contributed by atoms with van der Waals surface area (Å²) in [5.41, 5.74) is 1.38. The molecule has 124 valence electrons. The Morgan fingerprint density at radius 1 is 1.12 bits per heavy atom. The molecule has 7 nitrogen and oxygen atoms in total. The third-order valence-corrected chi connectivity index (χ3v) is 4.58. The first kappa shape index (κ1) is 16.1. The molecule has 1 aliphatic rings. The van der Waals surface area contributed by atoms with Crippen LogP contribution in [0.5, 0.6) is 5.75 Å². The molecule has 1 aromatic heterocycles. The highest BCUT2D eigenvalue weighted by Gasteiger charge is 2.43. The Labute approximate surface area is 142 Å². The summed E-state index contributed by atoms with van der Waals surface area (Å²) in [4.78, 5) is 42.1. The number of para-hydroxylation sites is 1. The lowest BCUT2D eigenvalue weighted by Crippen LogP contribution is -2.32. The van der Waals surface area contributed by atoms with Crippen molar-refractivity contribution >= 4 is 29.2 Å². The van der Waals surface area contributed by atoms with Crippen LogP contribution >= 0.6 is 11.3 Å². The van der Waals surface area contributed by atoms with Crippen molar-refractivity contribution in [3.8, 4) is 16.3 Å². The summed E-state index contributed by atoms with van der Waals surface area (Å²) in [5, 5.41) is 2.49. The van der Waals surface area contributed by atoms with Crippen LogP contribution in [-0.2, 0) is 16.1 Å². The fourth-order valence-electron chi connectivity index (χ4n) is 2.46. The maximum absolute atomic E-state index is 12.1. The zero-order valence-corrected chi connectivity index (χ0v) is 14.0. The molecule has 0 aliphatic carbocycles. The lowest BCUT2D eigenvalue weighted by atomic mass is 10.2. The molecule has 0 atom stereocenters. The topological polar surface area (TPSA) is 79.8 Å². The van der Waals surface area contributed by atoms with Gasteiger partial charge in [-0.25, -0.2) is 14.7 Å². The van der Waals surface area contributed by atoms with Crippen LogP contribution < -0.4 is 4.74 Å². The number of hydrogen-bond acceptors (Lipinski definition) is 6. The third kappa shape index (κ3) is 2.65. The molecule has 3 rings (SSSR count). The number of imide groups is 2. The van der Waals surface area contributed by atoms with Crippen molar-refractivity contribution in [3.05, 3.63) is 35.3 Å². The van der Waals surface area contributed by atoms with Crippen molar-refractivity contribution in [2.75, 3.05) is 13.7 Å². The van der Waals surface area contributed by atoms with Crippen LogP contribution in [0.25, 0.3) is 10.6 Å². The van der Waals surface area contributed by atoms with Crippen LogP contribution in [0.1, 0.15) is 12.6 Å². The van der Waals surface area contributed by atoms with E-state index in [0.29, 0.717) is 11.4 Å². The molecule has 0 spiro atoms. The van der Waals surface area contributed by atoms with Crippen molar-refractivity contribution in [2.45, 2.75) is 13.5 Å². The predicted octanol–water partition coefficient (Wildman–Crippen LogP) is 2.13. The molecule has 1 aliphatic heterocycles. The molecule has 2 heterocycles. The Kier molecular flexibility index (Phi) is 4.30. The van der Waals surface area contributed by atoms with Crippen LogP contribution in [-0.4, -0.2) is 46.3 Å². The molecular formula is C16H15N3O4S. The zero-order valence-electron chi connectivity index (χ0n) is 13.2. The minimum Gasteiger partial charge on any atom is -0.496 e. The zero-order chi connectivity index (χ0) is 17.3. The molecule has 1 fully saturated rings. The number of nitrogens with zero attached hydrogens (tertiary/aromatic N) is 3. The summed E-state index contributed by atoms with van der Waals surface area (Å²) in [5.74, 6) is -0.907. The van der Waals surface area contributed by atoms with E-state index in [1.54, 1.807) is 19.4 Å². The molecule has 0 saturated carbocycles. The van der Waals surface area contributed by atoms with Gasteiger partial charge in [-0.05, 0) is 19.1 Å². The number of urea groups is 1. The molecule has 0 N–H and O–H groups in total. The van der Waals surface area contributed by atoms with E-state index in [1.807, 2.05) is 24.3 Å². The molecule has 4 amide bonds. The van der Waals surface area contributed by atoms with E-state index < -0.39 is 17.8 Å². The van der Waals surface area contributed by atoms with Gasteiger partial charge in [0, 0.05) is 11.9 Å². The van der Waals surface area contributed by atoms with Crippen molar-refractivity contribution in [1.29, 1.82) is 0 Å². The van der Waals surface area contributed by atoms with Gasteiger partial charge in [-0.1, -0.05) is 12.1 Å². The Morgan fingerprint density at radius 2 is 1.83 bits per heavy atom. The van der Waals surface area contributed by atoms with E-state index in [1.165, 1.54) is 11.3 Å². The number of ether oxygens (including phenoxy) is 1. The number of methoxy groups -OCH3 is 1. The van der Waals surface area contributed by atoms with Gasteiger partial charge in [-0.3, -0.25) is 14.5 Å². The molecule has 2 aromatic rings. The Morgan fingerprint density at radius 3 is 2.50 bits per heavy atom. The van der Waals surface area contributed by atoms with E-state index in [2.05, 4.69) is 4.98 Å². The van der Waals surface area contributed by atoms with E-state index >= 15 is 0 Å². The summed E-state index contributed by atoms with van der Waals surface area (Å²) in [7, 11) is 1.58. The first-order valence-corrected chi connectivity index (χ1v) is 8.20. The molecule has 24 heavy (non-hydrogen) atoms. The quantitative estimate of drug-likeness (QED) is 0.613. The number of thiazole rings is 1. The Hall–Kier alpha value is -2.74. The first-order valence-electron chi connectivity index (χ1n) is 7.32. The Balaban J connectivity index is 1.83. The van der Waals surface area contributed by atoms with E-state index in [-0.39, 0.29) is 13.1 Å². The van der Waals surface area contributed by atoms with Gasteiger partial charge in [-0.15, -0.1) is 11.3 Å². The second-order valence-corrected chi connectivity index (χ2v) is 5.93. The molecule has 0 radical (unpaired) electrons. The van der Waals surface area contributed by atoms with Crippen LogP contribution in [0.15, 0.2) is 29.6 Å². The average molecular weight is 345 g/mol. The summed E-state index contributed by atoms with van der Waals surface area (Å²) >= 11 is 1.39. The van der Waals surface area contributed by atoms with Crippen LogP contribution in [0, 0.1) is 0 Å². The van der Waals surface area contributed by atoms with E-state index in [4.69, 9.17) is 4.74 Å². The highest BCUT2D eigenvalue weighted by atomic mass is 32.1. The van der Waals surface area contributed by atoms with Crippen molar-refractivity contribution < 1.29 is 19.1 Å². The fraction of sp³-hybridized carbons (Fsp3) is 0.250. The van der Waals surface area contributed by atoms with Crippen LogP contribution in [0.2, 0.25) is 0 Å². The van der Waals surface area contributed by atoms with Crippen molar-refractivity contribution in [3.63, 3.8) is 0 Å². The van der Waals surface area contributed by atoms with Crippen LogP contribution in [0.4, 0.5) is 4.79 Å². The van der Waals surface area contributed by atoms with Gasteiger partial charge in [-0.2, -0.15) is 0 Å². The van der Waals surface area contributed by atoms with Gasteiger partial charge < -0.3 is 4.74 Å². The molecule has 1 aromatic carbocycles. The minimum atomic E-state index is -0.811. The summed E-state index contributed by atoms with van der Waals surface area (Å²) in [6, 6.07) is 6.87. The van der Waals surface area contributed by atoms with Gasteiger partial charge in [0.2, 0.25) is 0 Å². The molecular weight excluding hydrogens is 330 g/mol. The largest absolute Gasteiger partial charge is 0.496 e. The number of amides is 4. The Bertz CT molecular complexity index is 817. The SMILES string of the molecule is CCN1C(=O)C(=O)N(Cc2csc(-c3ccccc3OC)n2)C1=O. The number of benzene rings is 1. The first-order chi connectivity index (χ1) is 11.6. The lowest BCUT2D eigenvalue weighted by Gasteiger charge is -2.12. The number of hydrogen-bond donors (Lipinski definition) is 0. The number of carbonyl (C=O) groups is 3. The molecule has 8 heteroatoms. The monoisotopic (exact) mass is 345 g/mol. The van der Waals surface area contributed by atoms with Crippen molar-refractivity contribution in [2.24, 2.45) is 0 Å². The number of likely N-dealkylation sites (N-methyl/N-ethyl adjacent to an activating group) is 1. The highest BCUT2D eigenvalue weighted by molar-refractivity contribution is 7.13. The van der Waals surface area contributed by atoms with Gasteiger partial charge >= 0.3 is 17.8 Å². The van der Waals surface area contributed by atoms with Crippen LogP contribution in [0.3, 0.4) is 0 Å². The second-order valence-electron chi connectivity index (χ2n) is 5.07. The smallest absolute Gasteiger partial charge is 0.334 e. The maximum atomic E-state index is 12.1. The van der Waals surface area contributed by atoms with Gasteiger partial charge in [0.15, 0.2) is 0 Å². The van der Waals surface area contributed by atoms with Crippen molar-refractivity contribution in [1.82, 2.24) is 14.8 Å². The summed E-state index contributed by atoms with van der Waals surface area (Å²) < 4.78 is 5.32. The minimum absolute atomic E-state index is 0.0223. The molecule has 0 unspecified atom stereocenters. The standard InChI is InChI=1S/C16H15N3O4S/c1-3-18-14(20)15(21)19(16(18)22)8-10-9-24-13(17-10)11-6-4-5-7-12(11)23-2/h4-7,9H,3,8H2,1-2H3. The number of carbonyl (C=O) groups excluding carboxylic acids is 3. The second kappa shape index (κ2) is 6.40.